The second-order valence-electron chi connectivity index (χ2n) is 6.54. The number of nitrogens with one attached hydrogen (secondary N) is 2. The van der Waals surface area contributed by atoms with Crippen molar-refractivity contribution in [3.8, 4) is 0 Å². The summed E-state index contributed by atoms with van der Waals surface area (Å²) in [6, 6.07) is 3.62. The van der Waals surface area contributed by atoms with Crippen LogP contribution in [0.15, 0.2) is 23.0 Å². The standard InChI is InChI=1S/C18H21F2N3O2S/c1-10-11(2)26-18(25)23(10)9-17(24)22-16-8-21-6-5-13(16)12-3-4-14(19)15(20)7-12/h3-4,7,13,16,21H,5-6,8-9H2,1-2H3,(H,22,24). The number of rotatable bonds is 4. The van der Waals surface area contributed by atoms with Crippen LogP contribution in [0.3, 0.4) is 0 Å². The molecule has 0 radical (unpaired) electrons. The Morgan fingerprint density at radius 2 is 2.12 bits per heavy atom. The molecule has 1 aromatic carbocycles. The van der Waals surface area contributed by atoms with Gasteiger partial charge >= 0.3 is 4.87 Å². The average Bonchev–Trinajstić information content (AvgIpc) is 2.84. The molecule has 1 amide bonds. The molecule has 0 spiro atoms. The fourth-order valence-corrected chi connectivity index (χ4v) is 4.15. The minimum Gasteiger partial charge on any atom is -0.350 e. The molecule has 1 saturated heterocycles. The lowest BCUT2D eigenvalue weighted by molar-refractivity contribution is -0.122. The van der Waals surface area contributed by atoms with Gasteiger partial charge in [-0.05, 0) is 44.5 Å². The zero-order valence-electron chi connectivity index (χ0n) is 14.6. The first-order chi connectivity index (χ1) is 12.4. The molecule has 5 nitrogen and oxygen atoms in total. The number of carbonyl (C=O) groups excluding carboxylic acids is 1. The highest BCUT2D eigenvalue weighted by Crippen LogP contribution is 2.27. The molecule has 1 aliphatic heterocycles. The van der Waals surface area contributed by atoms with Crippen LogP contribution in [-0.4, -0.2) is 29.6 Å². The van der Waals surface area contributed by atoms with Crippen LogP contribution in [0.1, 0.15) is 28.5 Å². The smallest absolute Gasteiger partial charge is 0.308 e. The zero-order valence-corrected chi connectivity index (χ0v) is 15.5. The minimum absolute atomic E-state index is 0.0456. The van der Waals surface area contributed by atoms with Gasteiger partial charge in [0, 0.05) is 29.1 Å². The topological polar surface area (TPSA) is 63.1 Å². The van der Waals surface area contributed by atoms with E-state index in [1.54, 1.807) is 6.07 Å². The predicted molar refractivity (Wildman–Crippen MR) is 96.6 cm³/mol. The van der Waals surface area contributed by atoms with Crippen molar-refractivity contribution in [3.05, 3.63) is 55.6 Å². The van der Waals surface area contributed by atoms with E-state index in [2.05, 4.69) is 10.6 Å². The summed E-state index contributed by atoms with van der Waals surface area (Å²) in [6.45, 7) is 4.88. The Morgan fingerprint density at radius 3 is 2.77 bits per heavy atom. The molecular weight excluding hydrogens is 360 g/mol. The number of thiazole rings is 1. The quantitative estimate of drug-likeness (QED) is 0.852. The third-order valence-corrected chi connectivity index (χ3v) is 5.87. The van der Waals surface area contributed by atoms with Crippen molar-refractivity contribution >= 4 is 17.2 Å². The van der Waals surface area contributed by atoms with E-state index >= 15 is 0 Å². The summed E-state index contributed by atoms with van der Waals surface area (Å²) < 4.78 is 28.2. The molecule has 2 aromatic rings. The zero-order chi connectivity index (χ0) is 18.8. The van der Waals surface area contributed by atoms with Gasteiger partial charge < -0.3 is 10.6 Å². The maximum absolute atomic E-state index is 13.6. The molecule has 1 aromatic heterocycles. The number of benzene rings is 1. The van der Waals surface area contributed by atoms with Gasteiger partial charge in [-0.1, -0.05) is 17.4 Å². The van der Waals surface area contributed by atoms with Crippen LogP contribution in [-0.2, 0) is 11.3 Å². The van der Waals surface area contributed by atoms with Crippen molar-refractivity contribution in [1.82, 2.24) is 15.2 Å². The van der Waals surface area contributed by atoms with Gasteiger partial charge in [0.15, 0.2) is 11.6 Å². The van der Waals surface area contributed by atoms with Crippen molar-refractivity contribution in [2.24, 2.45) is 0 Å². The number of halogens is 2. The van der Waals surface area contributed by atoms with Gasteiger partial charge in [0.05, 0.1) is 0 Å². The molecular formula is C18H21F2N3O2S. The number of piperidine rings is 1. The molecule has 0 bridgehead atoms. The molecule has 0 aliphatic carbocycles. The fraction of sp³-hybridized carbons (Fsp3) is 0.444. The molecule has 2 atom stereocenters. The second-order valence-corrected chi connectivity index (χ2v) is 7.71. The Bertz CT molecular complexity index is 878. The molecule has 3 rings (SSSR count). The summed E-state index contributed by atoms with van der Waals surface area (Å²) in [5, 5.41) is 6.15. The van der Waals surface area contributed by atoms with Crippen LogP contribution < -0.4 is 15.5 Å². The first kappa shape index (κ1) is 18.7. The molecule has 1 fully saturated rings. The van der Waals surface area contributed by atoms with Crippen molar-refractivity contribution in [2.75, 3.05) is 13.1 Å². The van der Waals surface area contributed by atoms with Gasteiger partial charge in [-0.15, -0.1) is 0 Å². The minimum atomic E-state index is -0.887. The Balaban J connectivity index is 1.74. The summed E-state index contributed by atoms with van der Waals surface area (Å²) in [6.07, 6.45) is 0.701. The Morgan fingerprint density at radius 1 is 1.35 bits per heavy atom. The summed E-state index contributed by atoms with van der Waals surface area (Å²) in [5.74, 6) is -2.15. The van der Waals surface area contributed by atoms with Gasteiger partial charge in [0.1, 0.15) is 6.54 Å². The molecule has 140 valence electrons. The van der Waals surface area contributed by atoms with Gasteiger partial charge in [-0.3, -0.25) is 14.2 Å². The second kappa shape index (κ2) is 7.67. The van der Waals surface area contributed by atoms with E-state index in [0.717, 1.165) is 34.5 Å². The van der Waals surface area contributed by atoms with E-state index in [1.807, 2.05) is 13.8 Å². The fourth-order valence-electron chi connectivity index (χ4n) is 3.32. The summed E-state index contributed by atoms with van der Waals surface area (Å²) in [5.41, 5.74) is 1.45. The lowest BCUT2D eigenvalue weighted by atomic mass is 9.86. The van der Waals surface area contributed by atoms with Crippen molar-refractivity contribution in [2.45, 2.75) is 38.8 Å². The van der Waals surface area contributed by atoms with Crippen LogP contribution in [0.25, 0.3) is 0 Å². The number of aryl methyl sites for hydroxylation is 1. The first-order valence-electron chi connectivity index (χ1n) is 8.48. The highest BCUT2D eigenvalue weighted by molar-refractivity contribution is 7.09. The lowest BCUT2D eigenvalue weighted by Crippen LogP contribution is -2.51. The van der Waals surface area contributed by atoms with E-state index in [-0.39, 0.29) is 29.3 Å². The van der Waals surface area contributed by atoms with Gasteiger partial charge in [-0.25, -0.2) is 8.78 Å². The number of carbonyl (C=O) groups is 1. The molecule has 0 saturated carbocycles. The molecule has 2 N–H and O–H groups in total. The average molecular weight is 381 g/mol. The van der Waals surface area contributed by atoms with Crippen LogP contribution in [0.2, 0.25) is 0 Å². The third kappa shape index (κ3) is 3.86. The van der Waals surface area contributed by atoms with Gasteiger partial charge in [0.25, 0.3) is 0 Å². The van der Waals surface area contributed by atoms with Crippen LogP contribution >= 0.6 is 11.3 Å². The van der Waals surface area contributed by atoms with Gasteiger partial charge in [0.2, 0.25) is 5.91 Å². The molecule has 1 aliphatic rings. The van der Waals surface area contributed by atoms with Crippen LogP contribution in [0, 0.1) is 25.5 Å². The maximum Gasteiger partial charge on any atom is 0.308 e. The highest BCUT2D eigenvalue weighted by Gasteiger charge is 2.28. The molecule has 2 unspecified atom stereocenters. The Hall–Kier alpha value is -2.06. The lowest BCUT2D eigenvalue weighted by Gasteiger charge is -2.33. The molecule has 26 heavy (non-hydrogen) atoms. The number of amides is 1. The summed E-state index contributed by atoms with van der Waals surface area (Å²) in [4.78, 5) is 25.2. The SMILES string of the molecule is Cc1sc(=O)n(CC(=O)NC2CNCCC2c2ccc(F)c(F)c2)c1C. The summed E-state index contributed by atoms with van der Waals surface area (Å²) in [7, 11) is 0. The molecule has 2 heterocycles. The molecule has 8 heteroatoms. The van der Waals surface area contributed by atoms with E-state index in [9.17, 15) is 18.4 Å². The third-order valence-electron chi connectivity index (χ3n) is 4.88. The van der Waals surface area contributed by atoms with Crippen molar-refractivity contribution in [1.29, 1.82) is 0 Å². The van der Waals surface area contributed by atoms with Crippen molar-refractivity contribution < 1.29 is 13.6 Å². The number of nitrogens with zero attached hydrogens (tertiary/aromatic N) is 1. The first-order valence-corrected chi connectivity index (χ1v) is 9.30. The predicted octanol–water partition coefficient (Wildman–Crippen LogP) is 2.07. The maximum atomic E-state index is 13.6. The van der Waals surface area contributed by atoms with Crippen LogP contribution in [0.5, 0.6) is 0 Å². The highest BCUT2D eigenvalue weighted by atomic mass is 32.1. The van der Waals surface area contributed by atoms with Gasteiger partial charge in [-0.2, -0.15) is 0 Å². The Kier molecular flexibility index (Phi) is 5.52. The van der Waals surface area contributed by atoms with E-state index < -0.39 is 11.6 Å². The number of aromatic nitrogens is 1. The van der Waals surface area contributed by atoms with E-state index in [4.69, 9.17) is 0 Å². The van der Waals surface area contributed by atoms with Crippen LogP contribution in [0.4, 0.5) is 8.78 Å². The normalized spacial score (nSPS) is 20.2. The summed E-state index contributed by atoms with van der Waals surface area (Å²) >= 11 is 1.12. The Labute approximate surface area is 154 Å². The largest absolute Gasteiger partial charge is 0.350 e. The number of hydrogen-bond acceptors (Lipinski definition) is 4. The van der Waals surface area contributed by atoms with E-state index in [0.29, 0.717) is 18.5 Å². The van der Waals surface area contributed by atoms with Crippen molar-refractivity contribution in [3.63, 3.8) is 0 Å². The number of hydrogen-bond donors (Lipinski definition) is 2. The van der Waals surface area contributed by atoms with E-state index in [1.165, 1.54) is 10.6 Å². The monoisotopic (exact) mass is 381 g/mol.